The lowest BCUT2D eigenvalue weighted by atomic mass is 10.0. The number of benzene rings is 2. The van der Waals surface area contributed by atoms with Crippen LogP contribution in [0.2, 0.25) is 0 Å². The van der Waals surface area contributed by atoms with Gasteiger partial charge in [-0.25, -0.2) is 0 Å². The molecule has 0 amide bonds. The third-order valence-corrected chi connectivity index (χ3v) is 2.86. The molecule has 2 aromatic rings. The monoisotopic (exact) mass is 261 g/mol. The van der Waals surface area contributed by atoms with Crippen molar-refractivity contribution in [3.63, 3.8) is 0 Å². The van der Waals surface area contributed by atoms with Crippen molar-refractivity contribution in [3.05, 3.63) is 60.2 Å². The molecule has 0 saturated carbocycles. The zero-order valence-corrected chi connectivity index (χ0v) is 9.81. The molecule has 15 heavy (non-hydrogen) atoms. The fourth-order valence-corrected chi connectivity index (χ4v) is 1.80. The van der Waals surface area contributed by atoms with Crippen LogP contribution in [0, 0.1) is 0 Å². The predicted molar refractivity (Wildman–Crippen MR) is 67.7 cm³/mol. The van der Waals surface area contributed by atoms with Gasteiger partial charge < -0.3 is 5.73 Å². The van der Waals surface area contributed by atoms with E-state index in [9.17, 15) is 0 Å². The average molecular weight is 262 g/mol. The van der Waals surface area contributed by atoms with Crippen molar-refractivity contribution < 1.29 is 0 Å². The van der Waals surface area contributed by atoms with Gasteiger partial charge in [0.25, 0.3) is 0 Å². The fourth-order valence-electron chi connectivity index (χ4n) is 1.49. The molecular weight excluding hydrogens is 250 g/mol. The highest BCUT2D eigenvalue weighted by Gasteiger charge is 2.01. The molecule has 2 heteroatoms. The Morgan fingerprint density at radius 2 is 1.33 bits per heavy atom. The Labute approximate surface area is 98.1 Å². The van der Waals surface area contributed by atoms with Crippen LogP contribution in [-0.2, 0) is 0 Å². The van der Waals surface area contributed by atoms with Crippen LogP contribution in [-0.4, -0.2) is 0 Å². The number of nitrogens with two attached hydrogens (primary N) is 1. The second-order valence-electron chi connectivity index (χ2n) is 3.39. The smallest absolute Gasteiger partial charge is 0.0861 e. The lowest BCUT2D eigenvalue weighted by Crippen LogP contribution is -2.00. The van der Waals surface area contributed by atoms with E-state index in [0.29, 0.717) is 0 Å². The van der Waals surface area contributed by atoms with Crippen molar-refractivity contribution >= 4 is 15.9 Å². The Morgan fingerprint density at radius 1 is 0.800 bits per heavy atom. The van der Waals surface area contributed by atoms with Crippen LogP contribution in [0.15, 0.2) is 54.6 Å². The van der Waals surface area contributed by atoms with E-state index >= 15 is 0 Å². The Morgan fingerprint density at radius 3 is 1.87 bits per heavy atom. The molecule has 0 bridgehead atoms. The number of rotatable bonds is 2. The van der Waals surface area contributed by atoms with Crippen molar-refractivity contribution in [2.45, 2.75) is 4.95 Å². The topological polar surface area (TPSA) is 26.0 Å². The first-order valence-electron chi connectivity index (χ1n) is 4.82. The van der Waals surface area contributed by atoms with Crippen LogP contribution < -0.4 is 5.73 Å². The SMILES string of the molecule is NC(Br)c1ccc(-c2ccccc2)cc1. The first kappa shape index (κ1) is 10.4. The summed E-state index contributed by atoms with van der Waals surface area (Å²) in [6.07, 6.45) is 0. The van der Waals surface area contributed by atoms with E-state index in [2.05, 4.69) is 40.2 Å². The molecule has 0 radical (unpaired) electrons. The van der Waals surface area contributed by atoms with Gasteiger partial charge >= 0.3 is 0 Å². The summed E-state index contributed by atoms with van der Waals surface area (Å²) < 4.78 is 0. The van der Waals surface area contributed by atoms with Crippen molar-refractivity contribution in [3.8, 4) is 11.1 Å². The average Bonchev–Trinajstić information content (AvgIpc) is 2.30. The summed E-state index contributed by atoms with van der Waals surface area (Å²) in [6, 6.07) is 18.6. The van der Waals surface area contributed by atoms with E-state index in [1.165, 1.54) is 11.1 Å². The minimum Gasteiger partial charge on any atom is -0.315 e. The third-order valence-electron chi connectivity index (χ3n) is 2.34. The molecule has 0 aliphatic rings. The lowest BCUT2D eigenvalue weighted by molar-refractivity contribution is 1.06. The van der Waals surface area contributed by atoms with Crippen LogP contribution in [0.5, 0.6) is 0 Å². The Kier molecular flexibility index (Phi) is 3.19. The molecule has 76 valence electrons. The molecule has 0 saturated heterocycles. The normalized spacial score (nSPS) is 12.4. The molecule has 2 rings (SSSR count). The summed E-state index contributed by atoms with van der Waals surface area (Å²) in [7, 11) is 0. The molecule has 0 fully saturated rings. The summed E-state index contributed by atoms with van der Waals surface area (Å²) >= 11 is 3.34. The summed E-state index contributed by atoms with van der Waals surface area (Å²) in [6.45, 7) is 0. The largest absolute Gasteiger partial charge is 0.315 e. The van der Waals surface area contributed by atoms with Gasteiger partial charge in [0.1, 0.15) is 0 Å². The van der Waals surface area contributed by atoms with Gasteiger partial charge in [-0.3, -0.25) is 0 Å². The second-order valence-corrected chi connectivity index (χ2v) is 4.38. The molecule has 0 aliphatic carbocycles. The molecule has 0 aromatic heterocycles. The summed E-state index contributed by atoms with van der Waals surface area (Å²) in [5.74, 6) is 0. The highest BCUT2D eigenvalue weighted by molar-refractivity contribution is 9.09. The first-order valence-corrected chi connectivity index (χ1v) is 5.74. The van der Waals surface area contributed by atoms with Crippen LogP contribution >= 0.6 is 15.9 Å². The predicted octanol–water partition coefficient (Wildman–Crippen LogP) is 3.71. The molecule has 2 aromatic carbocycles. The van der Waals surface area contributed by atoms with Crippen LogP contribution in [0.1, 0.15) is 10.5 Å². The fraction of sp³-hybridized carbons (Fsp3) is 0.0769. The Balaban J connectivity index is 2.32. The standard InChI is InChI=1S/C13H12BrN/c14-13(15)12-8-6-11(7-9-12)10-4-2-1-3-5-10/h1-9,13H,15H2. The molecule has 0 spiro atoms. The van der Waals surface area contributed by atoms with Gasteiger partial charge in [-0.2, -0.15) is 0 Å². The van der Waals surface area contributed by atoms with Gasteiger partial charge in [0.05, 0.1) is 4.95 Å². The van der Waals surface area contributed by atoms with Crippen molar-refractivity contribution in [1.29, 1.82) is 0 Å². The molecule has 1 atom stereocenters. The summed E-state index contributed by atoms with van der Waals surface area (Å²) in [5.41, 5.74) is 9.26. The number of halogens is 1. The molecular formula is C13H12BrN. The van der Waals surface area contributed by atoms with Gasteiger partial charge in [0.15, 0.2) is 0 Å². The van der Waals surface area contributed by atoms with Gasteiger partial charge in [0.2, 0.25) is 0 Å². The van der Waals surface area contributed by atoms with E-state index in [4.69, 9.17) is 5.73 Å². The summed E-state index contributed by atoms with van der Waals surface area (Å²) in [4.78, 5) is -0.0812. The Hall–Kier alpha value is -1.12. The minimum atomic E-state index is -0.0812. The van der Waals surface area contributed by atoms with Crippen molar-refractivity contribution in [2.75, 3.05) is 0 Å². The zero-order chi connectivity index (χ0) is 10.7. The number of hydrogen-bond acceptors (Lipinski definition) is 1. The third kappa shape index (κ3) is 2.46. The highest BCUT2D eigenvalue weighted by Crippen LogP contribution is 2.22. The first-order chi connectivity index (χ1) is 7.27. The molecule has 1 nitrogen and oxygen atoms in total. The zero-order valence-electron chi connectivity index (χ0n) is 8.23. The van der Waals surface area contributed by atoms with E-state index in [0.717, 1.165) is 5.56 Å². The maximum Gasteiger partial charge on any atom is 0.0861 e. The van der Waals surface area contributed by atoms with Crippen LogP contribution in [0.25, 0.3) is 11.1 Å². The second kappa shape index (κ2) is 4.60. The van der Waals surface area contributed by atoms with Crippen LogP contribution in [0.3, 0.4) is 0 Å². The van der Waals surface area contributed by atoms with Crippen molar-refractivity contribution in [2.24, 2.45) is 5.73 Å². The highest BCUT2D eigenvalue weighted by atomic mass is 79.9. The van der Waals surface area contributed by atoms with Gasteiger partial charge in [0, 0.05) is 0 Å². The number of alkyl halides is 1. The molecule has 0 aliphatic heterocycles. The van der Waals surface area contributed by atoms with Gasteiger partial charge in [-0.15, -0.1) is 0 Å². The molecule has 1 unspecified atom stereocenters. The van der Waals surface area contributed by atoms with E-state index in [-0.39, 0.29) is 4.95 Å². The van der Waals surface area contributed by atoms with Crippen LogP contribution in [0.4, 0.5) is 0 Å². The quantitative estimate of drug-likeness (QED) is 0.648. The molecule has 2 N–H and O–H groups in total. The van der Waals surface area contributed by atoms with Crippen molar-refractivity contribution in [1.82, 2.24) is 0 Å². The van der Waals surface area contributed by atoms with E-state index in [1.54, 1.807) is 0 Å². The maximum absolute atomic E-state index is 5.72. The number of hydrogen-bond donors (Lipinski definition) is 1. The Bertz CT molecular complexity index is 420. The summed E-state index contributed by atoms with van der Waals surface area (Å²) in [5, 5.41) is 0. The maximum atomic E-state index is 5.72. The van der Waals surface area contributed by atoms with Gasteiger partial charge in [-0.1, -0.05) is 70.5 Å². The lowest BCUT2D eigenvalue weighted by Gasteiger charge is -2.05. The molecule has 0 heterocycles. The minimum absolute atomic E-state index is 0.0812. The van der Waals surface area contributed by atoms with E-state index in [1.807, 2.05) is 30.3 Å². The van der Waals surface area contributed by atoms with E-state index < -0.39 is 0 Å². The van der Waals surface area contributed by atoms with Gasteiger partial charge in [-0.05, 0) is 16.7 Å².